The second-order valence-corrected chi connectivity index (χ2v) is 9.03. The molecule has 5 nitrogen and oxygen atoms in total. The first-order valence-corrected chi connectivity index (χ1v) is 11.1. The van der Waals surface area contributed by atoms with Crippen molar-refractivity contribution in [3.05, 3.63) is 51.4 Å². The number of benzene rings is 1. The molecule has 0 radical (unpaired) electrons. The summed E-state index contributed by atoms with van der Waals surface area (Å²) in [6.45, 7) is 12.3. The molecule has 0 spiro atoms. The average Bonchev–Trinajstić information content (AvgIpc) is 2.71. The molecule has 1 aromatic carbocycles. The average molecular weight is 395 g/mol. The molecule has 0 saturated heterocycles. The zero-order valence-electron chi connectivity index (χ0n) is 18.5. The Hall–Kier alpha value is -2.14. The lowest BCUT2D eigenvalue weighted by Crippen LogP contribution is -2.54. The van der Waals surface area contributed by atoms with Crippen LogP contribution in [0.4, 0.5) is 11.6 Å². The van der Waals surface area contributed by atoms with Gasteiger partial charge in [0.05, 0.1) is 13.3 Å². The minimum atomic E-state index is 0.119. The molecule has 3 atom stereocenters. The van der Waals surface area contributed by atoms with E-state index in [0.717, 1.165) is 41.9 Å². The first kappa shape index (κ1) is 20.1. The van der Waals surface area contributed by atoms with E-state index in [2.05, 4.69) is 54.8 Å². The third-order valence-electron chi connectivity index (χ3n) is 7.17. The van der Waals surface area contributed by atoms with Crippen molar-refractivity contribution in [1.82, 2.24) is 14.5 Å². The lowest BCUT2D eigenvalue weighted by atomic mass is 9.77. The lowest BCUT2D eigenvalue weighted by molar-refractivity contribution is 0.0491. The SMILES string of the molecule is CCc1c(C)nc2n(c1=O)CN(C1CCCC(C)C1C)CN2c1ccc(C)cc1. The van der Waals surface area contributed by atoms with Gasteiger partial charge in [0.1, 0.15) is 0 Å². The molecule has 2 aliphatic rings. The Morgan fingerprint density at radius 1 is 1.07 bits per heavy atom. The summed E-state index contributed by atoms with van der Waals surface area (Å²) in [5, 5.41) is 0. The predicted octanol–water partition coefficient (Wildman–Crippen LogP) is 4.62. The molecule has 29 heavy (non-hydrogen) atoms. The van der Waals surface area contributed by atoms with Gasteiger partial charge in [0.25, 0.3) is 5.56 Å². The fourth-order valence-electron chi connectivity index (χ4n) is 5.10. The monoisotopic (exact) mass is 394 g/mol. The van der Waals surface area contributed by atoms with Gasteiger partial charge in [0.2, 0.25) is 5.95 Å². The van der Waals surface area contributed by atoms with E-state index in [1.165, 1.54) is 24.8 Å². The summed E-state index contributed by atoms with van der Waals surface area (Å²) < 4.78 is 1.90. The normalized spacial score (nSPS) is 25.1. The van der Waals surface area contributed by atoms with Gasteiger partial charge in [0.15, 0.2) is 0 Å². The molecule has 1 fully saturated rings. The number of aromatic nitrogens is 2. The summed E-state index contributed by atoms with van der Waals surface area (Å²) in [6.07, 6.45) is 4.51. The van der Waals surface area contributed by atoms with Crippen LogP contribution in [0, 0.1) is 25.7 Å². The molecular formula is C24H34N4O. The van der Waals surface area contributed by atoms with Crippen molar-refractivity contribution in [3.8, 4) is 0 Å². The van der Waals surface area contributed by atoms with E-state index in [1.54, 1.807) is 0 Å². The predicted molar refractivity (Wildman–Crippen MR) is 119 cm³/mol. The van der Waals surface area contributed by atoms with Crippen LogP contribution in [-0.4, -0.2) is 27.2 Å². The van der Waals surface area contributed by atoms with Crippen molar-refractivity contribution in [2.75, 3.05) is 11.6 Å². The van der Waals surface area contributed by atoms with Crippen LogP contribution >= 0.6 is 0 Å². The maximum Gasteiger partial charge on any atom is 0.259 e. The third kappa shape index (κ3) is 3.61. The molecule has 156 valence electrons. The van der Waals surface area contributed by atoms with Crippen LogP contribution in [0.5, 0.6) is 0 Å². The van der Waals surface area contributed by atoms with Crippen LogP contribution in [0.1, 0.15) is 56.9 Å². The van der Waals surface area contributed by atoms with Crippen LogP contribution in [0.15, 0.2) is 29.1 Å². The van der Waals surface area contributed by atoms with Gasteiger partial charge in [-0.25, -0.2) is 4.98 Å². The Kier molecular flexibility index (Phi) is 5.52. The highest BCUT2D eigenvalue weighted by Crippen LogP contribution is 2.36. The van der Waals surface area contributed by atoms with Crippen molar-refractivity contribution >= 4 is 11.6 Å². The number of fused-ring (bicyclic) bond motifs is 1. The number of anilines is 2. The molecule has 1 aromatic heterocycles. The topological polar surface area (TPSA) is 41.4 Å². The summed E-state index contributed by atoms with van der Waals surface area (Å²) in [7, 11) is 0. The van der Waals surface area contributed by atoms with Gasteiger partial charge in [-0.05, 0) is 50.7 Å². The second kappa shape index (κ2) is 7.94. The van der Waals surface area contributed by atoms with Crippen LogP contribution in [-0.2, 0) is 13.1 Å². The summed E-state index contributed by atoms with van der Waals surface area (Å²) in [5.74, 6) is 2.13. The molecule has 0 N–H and O–H groups in total. The molecule has 4 rings (SSSR count). The van der Waals surface area contributed by atoms with E-state index in [-0.39, 0.29) is 5.56 Å². The van der Waals surface area contributed by atoms with Gasteiger partial charge in [-0.15, -0.1) is 0 Å². The second-order valence-electron chi connectivity index (χ2n) is 9.03. The Bertz CT molecular complexity index is 933. The number of aryl methyl sites for hydroxylation is 2. The Morgan fingerprint density at radius 3 is 2.48 bits per heavy atom. The first-order valence-electron chi connectivity index (χ1n) is 11.1. The van der Waals surface area contributed by atoms with Crippen LogP contribution in [0.2, 0.25) is 0 Å². The quantitative estimate of drug-likeness (QED) is 0.762. The fraction of sp³-hybridized carbons (Fsp3) is 0.583. The smallest absolute Gasteiger partial charge is 0.259 e. The Balaban J connectivity index is 1.81. The van der Waals surface area contributed by atoms with E-state index in [9.17, 15) is 4.79 Å². The summed E-state index contributed by atoms with van der Waals surface area (Å²) in [5.41, 5.74) is 4.15. The molecule has 2 heterocycles. The Labute approximate surface area is 174 Å². The Morgan fingerprint density at radius 2 is 1.79 bits per heavy atom. The summed E-state index contributed by atoms with van der Waals surface area (Å²) in [6, 6.07) is 9.06. The number of rotatable bonds is 3. The molecule has 2 aromatic rings. The maximum atomic E-state index is 13.3. The third-order valence-corrected chi connectivity index (χ3v) is 7.17. The minimum absolute atomic E-state index is 0.119. The van der Waals surface area contributed by atoms with E-state index < -0.39 is 0 Å². The molecule has 0 amide bonds. The molecule has 1 aliphatic carbocycles. The van der Waals surface area contributed by atoms with E-state index in [0.29, 0.717) is 18.6 Å². The highest BCUT2D eigenvalue weighted by atomic mass is 16.1. The van der Waals surface area contributed by atoms with Crippen molar-refractivity contribution in [2.45, 2.75) is 73.0 Å². The minimum Gasteiger partial charge on any atom is -0.298 e. The highest BCUT2D eigenvalue weighted by Gasteiger charge is 2.36. The summed E-state index contributed by atoms with van der Waals surface area (Å²) >= 11 is 0. The molecule has 0 bridgehead atoms. The van der Waals surface area contributed by atoms with Crippen LogP contribution in [0.25, 0.3) is 0 Å². The van der Waals surface area contributed by atoms with Gasteiger partial charge < -0.3 is 0 Å². The van der Waals surface area contributed by atoms with Gasteiger partial charge in [0, 0.05) is 23.0 Å². The first-order chi connectivity index (χ1) is 13.9. The van der Waals surface area contributed by atoms with Crippen molar-refractivity contribution in [1.29, 1.82) is 0 Å². The molecule has 3 unspecified atom stereocenters. The van der Waals surface area contributed by atoms with Gasteiger partial charge >= 0.3 is 0 Å². The highest BCUT2D eigenvalue weighted by molar-refractivity contribution is 5.59. The zero-order valence-corrected chi connectivity index (χ0v) is 18.5. The number of nitrogens with zero attached hydrogens (tertiary/aromatic N) is 4. The van der Waals surface area contributed by atoms with E-state index in [1.807, 2.05) is 18.4 Å². The molecular weight excluding hydrogens is 360 g/mol. The molecule has 1 aliphatic heterocycles. The van der Waals surface area contributed by atoms with E-state index in [4.69, 9.17) is 4.98 Å². The van der Waals surface area contributed by atoms with Crippen LogP contribution < -0.4 is 10.5 Å². The largest absolute Gasteiger partial charge is 0.298 e. The molecule has 1 saturated carbocycles. The van der Waals surface area contributed by atoms with Gasteiger partial charge in [-0.1, -0.05) is 51.3 Å². The lowest BCUT2D eigenvalue weighted by Gasteiger charge is -2.46. The van der Waals surface area contributed by atoms with Crippen molar-refractivity contribution < 1.29 is 0 Å². The van der Waals surface area contributed by atoms with Crippen molar-refractivity contribution in [3.63, 3.8) is 0 Å². The maximum absolute atomic E-state index is 13.3. The zero-order chi connectivity index (χ0) is 20.7. The van der Waals surface area contributed by atoms with Gasteiger partial charge in [-0.2, -0.15) is 0 Å². The number of hydrogen-bond acceptors (Lipinski definition) is 4. The fourth-order valence-corrected chi connectivity index (χ4v) is 5.10. The number of hydrogen-bond donors (Lipinski definition) is 0. The van der Waals surface area contributed by atoms with Crippen molar-refractivity contribution in [2.24, 2.45) is 11.8 Å². The van der Waals surface area contributed by atoms with Gasteiger partial charge in [-0.3, -0.25) is 19.2 Å². The van der Waals surface area contributed by atoms with E-state index >= 15 is 0 Å². The summed E-state index contributed by atoms with van der Waals surface area (Å²) in [4.78, 5) is 23.0. The standard InChI is InChI=1S/C24H34N4O/c1-6-21-19(5)25-24-27(20-12-10-16(2)11-13-20)14-26(15-28(24)23(21)29)22-9-7-8-17(3)18(22)4/h10-13,17-18,22H,6-9,14-15H2,1-5H3. The van der Waals surface area contributed by atoms with Crippen LogP contribution in [0.3, 0.4) is 0 Å². The molecule has 5 heteroatoms.